The zero-order chi connectivity index (χ0) is 14.6. The second-order valence-electron chi connectivity index (χ2n) is 4.69. The number of hydrogen-bond acceptors (Lipinski definition) is 5. The van der Waals surface area contributed by atoms with Crippen LogP contribution in [-0.4, -0.2) is 65.6 Å². The van der Waals surface area contributed by atoms with Gasteiger partial charge in [0.1, 0.15) is 0 Å². The van der Waals surface area contributed by atoms with Crippen LogP contribution in [0.1, 0.15) is 5.56 Å². The Kier molecular flexibility index (Phi) is 4.69. The molecule has 1 aliphatic heterocycles. The van der Waals surface area contributed by atoms with Crippen LogP contribution in [0.5, 0.6) is 0 Å². The Bertz CT molecular complexity index is 553. The molecule has 1 N–H and O–H groups in total. The highest BCUT2D eigenvalue weighted by Crippen LogP contribution is 2.11. The highest BCUT2D eigenvalue weighted by Gasteiger charge is 2.28. The Morgan fingerprint density at radius 3 is 2.55 bits per heavy atom. The van der Waals surface area contributed by atoms with Gasteiger partial charge in [0.25, 0.3) is 0 Å². The van der Waals surface area contributed by atoms with E-state index in [0.717, 1.165) is 12.1 Å². The number of nitrogens with zero attached hydrogens (tertiary/aromatic N) is 3. The monoisotopic (exact) mass is 299 g/mol. The van der Waals surface area contributed by atoms with E-state index >= 15 is 0 Å². The molecule has 0 bridgehead atoms. The molecule has 7 nitrogen and oxygen atoms in total. The molecule has 1 aromatic rings. The Morgan fingerprint density at radius 2 is 2.00 bits per heavy atom. The maximum atomic E-state index is 11.8. The molecule has 0 unspecified atom stereocenters. The van der Waals surface area contributed by atoms with Crippen LogP contribution in [0.2, 0.25) is 0 Å². The van der Waals surface area contributed by atoms with Crippen molar-refractivity contribution in [3.8, 4) is 0 Å². The standard InChI is InChI=1S/C12H17N3O4S/c16-12(17)10-20(18,19)15-6-4-14(5-7-15)9-11-2-1-3-13-8-11/h1-3,8H,4-7,9-10H2,(H,16,17). The van der Waals surface area contributed by atoms with Crippen LogP contribution in [0.4, 0.5) is 0 Å². The third kappa shape index (κ3) is 3.99. The first-order chi connectivity index (χ1) is 9.47. The molecule has 8 heteroatoms. The highest BCUT2D eigenvalue weighted by molar-refractivity contribution is 7.89. The van der Waals surface area contributed by atoms with E-state index in [9.17, 15) is 13.2 Å². The largest absolute Gasteiger partial charge is 0.480 e. The summed E-state index contributed by atoms with van der Waals surface area (Å²) in [7, 11) is -3.68. The maximum absolute atomic E-state index is 11.8. The van der Waals surface area contributed by atoms with Crippen molar-refractivity contribution < 1.29 is 18.3 Å². The number of hydrogen-bond donors (Lipinski definition) is 1. The molecule has 20 heavy (non-hydrogen) atoms. The Balaban J connectivity index is 1.88. The predicted octanol–water partition coefficient (Wildman–Crippen LogP) is -0.386. The first kappa shape index (κ1) is 14.9. The molecule has 0 aliphatic carbocycles. The van der Waals surface area contributed by atoms with E-state index in [-0.39, 0.29) is 0 Å². The lowest BCUT2D eigenvalue weighted by molar-refractivity contribution is -0.134. The van der Waals surface area contributed by atoms with Gasteiger partial charge in [-0.15, -0.1) is 0 Å². The summed E-state index contributed by atoms with van der Waals surface area (Å²) in [5.74, 6) is -2.15. The van der Waals surface area contributed by atoms with Gasteiger partial charge in [-0.25, -0.2) is 8.42 Å². The summed E-state index contributed by atoms with van der Waals surface area (Å²) < 4.78 is 24.8. The fourth-order valence-electron chi connectivity index (χ4n) is 2.16. The number of aromatic nitrogens is 1. The van der Waals surface area contributed by atoms with Crippen molar-refractivity contribution >= 4 is 16.0 Å². The van der Waals surface area contributed by atoms with E-state index in [1.54, 1.807) is 12.4 Å². The van der Waals surface area contributed by atoms with Gasteiger partial charge in [-0.3, -0.25) is 14.7 Å². The second-order valence-corrected chi connectivity index (χ2v) is 6.66. The minimum Gasteiger partial charge on any atom is -0.480 e. The van der Waals surface area contributed by atoms with Gasteiger partial charge >= 0.3 is 5.97 Å². The average molecular weight is 299 g/mol. The molecular formula is C12H17N3O4S. The van der Waals surface area contributed by atoms with E-state index in [4.69, 9.17) is 5.11 Å². The van der Waals surface area contributed by atoms with Gasteiger partial charge in [-0.05, 0) is 11.6 Å². The van der Waals surface area contributed by atoms with Gasteiger partial charge < -0.3 is 5.11 Å². The number of aliphatic carboxylic acids is 1. The van der Waals surface area contributed by atoms with Gasteiger partial charge in [0.2, 0.25) is 10.0 Å². The smallest absolute Gasteiger partial charge is 0.320 e. The van der Waals surface area contributed by atoms with E-state index in [1.165, 1.54) is 4.31 Å². The molecule has 0 radical (unpaired) electrons. The molecule has 1 fully saturated rings. The number of pyridine rings is 1. The number of sulfonamides is 1. The molecule has 0 amide bonds. The number of piperazine rings is 1. The van der Waals surface area contributed by atoms with E-state index in [2.05, 4.69) is 9.88 Å². The lowest BCUT2D eigenvalue weighted by Crippen LogP contribution is -2.49. The molecular weight excluding hydrogens is 282 g/mol. The van der Waals surface area contributed by atoms with E-state index in [1.807, 2.05) is 12.1 Å². The summed E-state index contributed by atoms with van der Waals surface area (Å²) in [4.78, 5) is 16.7. The van der Waals surface area contributed by atoms with Crippen LogP contribution in [0, 0.1) is 0 Å². The van der Waals surface area contributed by atoms with Gasteiger partial charge in [0, 0.05) is 45.1 Å². The highest BCUT2D eigenvalue weighted by atomic mass is 32.2. The van der Waals surface area contributed by atoms with Gasteiger partial charge in [-0.2, -0.15) is 4.31 Å². The van der Waals surface area contributed by atoms with Crippen molar-refractivity contribution in [2.24, 2.45) is 0 Å². The summed E-state index contributed by atoms with van der Waals surface area (Å²) in [6, 6.07) is 3.84. The predicted molar refractivity (Wildman–Crippen MR) is 72.5 cm³/mol. The molecule has 2 rings (SSSR count). The van der Waals surface area contributed by atoms with Gasteiger partial charge in [0.15, 0.2) is 5.75 Å². The first-order valence-electron chi connectivity index (χ1n) is 6.28. The van der Waals surface area contributed by atoms with Crippen LogP contribution in [0.15, 0.2) is 24.5 Å². The Labute approximate surface area is 117 Å². The lowest BCUT2D eigenvalue weighted by atomic mass is 10.2. The fourth-order valence-corrected chi connectivity index (χ4v) is 3.38. The SMILES string of the molecule is O=C(O)CS(=O)(=O)N1CCN(Cc2cccnc2)CC1. The second kappa shape index (κ2) is 6.29. The molecule has 0 saturated carbocycles. The van der Waals surface area contributed by atoms with Gasteiger partial charge in [-0.1, -0.05) is 6.07 Å². The zero-order valence-electron chi connectivity index (χ0n) is 11.0. The molecule has 2 heterocycles. The summed E-state index contributed by atoms with van der Waals surface area (Å²) >= 11 is 0. The van der Waals surface area contributed by atoms with Crippen molar-refractivity contribution in [2.45, 2.75) is 6.54 Å². The molecule has 1 saturated heterocycles. The van der Waals surface area contributed by atoms with Gasteiger partial charge in [0.05, 0.1) is 0 Å². The number of rotatable bonds is 5. The van der Waals surface area contributed by atoms with Crippen molar-refractivity contribution in [3.63, 3.8) is 0 Å². The summed E-state index contributed by atoms with van der Waals surface area (Å²) in [6.07, 6.45) is 3.49. The van der Waals surface area contributed by atoms with Crippen molar-refractivity contribution in [2.75, 3.05) is 31.9 Å². The molecule has 110 valence electrons. The minimum atomic E-state index is -3.68. The van der Waals surface area contributed by atoms with Crippen LogP contribution < -0.4 is 0 Å². The molecule has 0 aromatic carbocycles. The number of carboxylic acids is 1. The first-order valence-corrected chi connectivity index (χ1v) is 7.89. The third-order valence-corrected chi connectivity index (χ3v) is 4.92. The maximum Gasteiger partial charge on any atom is 0.320 e. The molecule has 1 aromatic heterocycles. The normalized spacial score (nSPS) is 18.0. The minimum absolute atomic E-state index is 0.329. The molecule has 0 atom stereocenters. The molecule has 0 spiro atoms. The Morgan fingerprint density at radius 1 is 1.30 bits per heavy atom. The zero-order valence-corrected chi connectivity index (χ0v) is 11.8. The van der Waals surface area contributed by atoms with Crippen LogP contribution in [-0.2, 0) is 21.4 Å². The average Bonchev–Trinajstić information content (AvgIpc) is 2.39. The summed E-state index contributed by atoms with van der Waals surface area (Å²) in [6.45, 7) is 2.56. The van der Waals surface area contributed by atoms with E-state index < -0.39 is 21.7 Å². The fraction of sp³-hybridized carbons (Fsp3) is 0.500. The molecule has 1 aliphatic rings. The lowest BCUT2D eigenvalue weighted by Gasteiger charge is -2.33. The van der Waals surface area contributed by atoms with Crippen LogP contribution in [0.3, 0.4) is 0 Å². The topological polar surface area (TPSA) is 90.8 Å². The number of carboxylic acid groups (broad SMARTS) is 1. The quantitative estimate of drug-likeness (QED) is 0.796. The van der Waals surface area contributed by atoms with Crippen LogP contribution >= 0.6 is 0 Å². The third-order valence-electron chi connectivity index (χ3n) is 3.16. The van der Waals surface area contributed by atoms with Crippen molar-refractivity contribution in [3.05, 3.63) is 30.1 Å². The van der Waals surface area contributed by atoms with Crippen molar-refractivity contribution in [1.29, 1.82) is 0 Å². The van der Waals surface area contributed by atoms with Crippen molar-refractivity contribution in [1.82, 2.24) is 14.2 Å². The summed E-state index contributed by atoms with van der Waals surface area (Å²) in [5, 5.41) is 8.60. The van der Waals surface area contributed by atoms with Crippen LogP contribution in [0.25, 0.3) is 0 Å². The Hall–Kier alpha value is -1.51. The van der Waals surface area contributed by atoms with E-state index in [0.29, 0.717) is 26.2 Å². The number of carbonyl (C=O) groups is 1. The summed E-state index contributed by atoms with van der Waals surface area (Å²) in [5.41, 5.74) is 1.08.